The van der Waals surface area contributed by atoms with Crippen LogP contribution in [0.3, 0.4) is 0 Å². The maximum absolute atomic E-state index is 5.84. The third kappa shape index (κ3) is 4.13. The van der Waals surface area contributed by atoms with Gasteiger partial charge in [0, 0.05) is 0 Å². The van der Waals surface area contributed by atoms with Gasteiger partial charge in [-0.25, -0.2) is 0 Å². The van der Waals surface area contributed by atoms with Gasteiger partial charge < -0.3 is 4.74 Å². The third-order valence-electron chi connectivity index (χ3n) is 3.52. The number of hydrogen-bond acceptors (Lipinski definition) is 1. The van der Waals surface area contributed by atoms with E-state index in [1.165, 1.54) is 17.5 Å². The first-order valence-electron chi connectivity index (χ1n) is 7.08. The average molecular weight is 254 g/mol. The maximum Gasteiger partial charge on any atom is 0.119 e. The van der Waals surface area contributed by atoms with E-state index >= 15 is 0 Å². The molecule has 100 valence electrons. The van der Waals surface area contributed by atoms with E-state index in [1.54, 1.807) is 0 Å². The molecular weight excluding hydrogens is 232 g/mol. The molecule has 0 amide bonds. The minimum Gasteiger partial charge on any atom is -0.494 e. The van der Waals surface area contributed by atoms with Crippen LogP contribution in [0.1, 0.15) is 26.7 Å². The van der Waals surface area contributed by atoms with Gasteiger partial charge in [0.2, 0.25) is 0 Å². The molecule has 0 fully saturated rings. The van der Waals surface area contributed by atoms with Crippen LogP contribution < -0.4 is 4.74 Å². The van der Waals surface area contributed by atoms with Gasteiger partial charge in [-0.3, -0.25) is 0 Å². The van der Waals surface area contributed by atoms with Crippen molar-refractivity contribution in [3.63, 3.8) is 0 Å². The summed E-state index contributed by atoms with van der Waals surface area (Å²) in [5, 5.41) is 0. The molecule has 2 rings (SSSR count). The highest BCUT2D eigenvalue weighted by Crippen LogP contribution is 2.23. The summed E-state index contributed by atoms with van der Waals surface area (Å²) in [6.45, 7) is 5.29. The highest BCUT2D eigenvalue weighted by molar-refractivity contribution is 5.64. The SMILES string of the molecule is CCC(C)CCOc1cccc(-c2ccccc2)c1. The largest absolute Gasteiger partial charge is 0.494 e. The van der Waals surface area contributed by atoms with Crippen molar-refractivity contribution >= 4 is 0 Å². The molecule has 1 heteroatoms. The summed E-state index contributed by atoms with van der Waals surface area (Å²) in [4.78, 5) is 0. The number of hydrogen-bond donors (Lipinski definition) is 0. The summed E-state index contributed by atoms with van der Waals surface area (Å²) in [7, 11) is 0. The van der Waals surface area contributed by atoms with Gasteiger partial charge in [0.05, 0.1) is 6.61 Å². The molecule has 0 aliphatic heterocycles. The van der Waals surface area contributed by atoms with E-state index in [0.29, 0.717) is 0 Å². The van der Waals surface area contributed by atoms with E-state index in [9.17, 15) is 0 Å². The van der Waals surface area contributed by atoms with Gasteiger partial charge in [0.15, 0.2) is 0 Å². The second kappa shape index (κ2) is 6.98. The fraction of sp³-hybridized carbons (Fsp3) is 0.333. The molecule has 0 aliphatic rings. The minimum absolute atomic E-state index is 0.734. The van der Waals surface area contributed by atoms with Crippen LogP contribution >= 0.6 is 0 Å². The highest BCUT2D eigenvalue weighted by atomic mass is 16.5. The monoisotopic (exact) mass is 254 g/mol. The second-order valence-electron chi connectivity index (χ2n) is 5.04. The first-order chi connectivity index (χ1) is 9.29. The predicted molar refractivity (Wildman–Crippen MR) is 81.4 cm³/mol. The summed E-state index contributed by atoms with van der Waals surface area (Å²) in [5.74, 6) is 1.70. The average Bonchev–Trinajstić information content (AvgIpc) is 2.48. The predicted octanol–water partition coefficient (Wildman–Crippen LogP) is 5.17. The normalized spacial score (nSPS) is 12.1. The van der Waals surface area contributed by atoms with Crippen molar-refractivity contribution in [2.45, 2.75) is 26.7 Å². The Bertz CT molecular complexity index is 490. The molecule has 0 heterocycles. The van der Waals surface area contributed by atoms with Gasteiger partial charge in [-0.2, -0.15) is 0 Å². The Morgan fingerprint density at radius 1 is 0.947 bits per heavy atom. The summed E-state index contributed by atoms with van der Waals surface area (Å²) < 4.78 is 5.84. The zero-order valence-electron chi connectivity index (χ0n) is 11.8. The Morgan fingerprint density at radius 2 is 1.68 bits per heavy atom. The Morgan fingerprint density at radius 3 is 2.42 bits per heavy atom. The molecule has 2 aromatic carbocycles. The third-order valence-corrected chi connectivity index (χ3v) is 3.52. The molecule has 0 saturated carbocycles. The molecule has 0 radical (unpaired) electrons. The van der Waals surface area contributed by atoms with Gasteiger partial charge >= 0.3 is 0 Å². The molecule has 0 N–H and O–H groups in total. The van der Waals surface area contributed by atoms with E-state index in [0.717, 1.165) is 24.7 Å². The quantitative estimate of drug-likeness (QED) is 0.691. The molecular formula is C18H22O. The lowest BCUT2D eigenvalue weighted by Gasteiger charge is -2.11. The van der Waals surface area contributed by atoms with E-state index in [4.69, 9.17) is 4.74 Å². The molecule has 0 saturated heterocycles. The lowest BCUT2D eigenvalue weighted by atomic mass is 10.1. The minimum atomic E-state index is 0.734. The zero-order valence-corrected chi connectivity index (χ0v) is 11.8. The number of benzene rings is 2. The molecule has 1 unspecified atom stereocenters. The summed E-state index contributed by atoms with van der Waals surface area (Å²) in [6.07, 6.45) is 2.33. The molecule has 0 aliphatic carbocycles. The van der Waals surface area contributed by atoms with Crippen LogP contribution in [-0.2, 0) is 0 Å². The molecule has 0 bridgehead atoms. The Balaban J connectivity index is 2.00. The van der Waals surface area contributed by atoms with Gasteiger partial charge in [-0.05, 0) is 35.6 Å². The topological polar surface area (TPSA) is 9.23 Å². The first kappa shape index (κ1) is 13.7. The van der Waals surface area contributed by atoms with Crippen molar-refractivity contribution in [1.82, 2.24) is 0 Å². The second-order valence-corrected chi connectivity index (χ2v) is 5.04. The summed E-state index contributed by atoms with van der Waals surface area (Å²) >= 11 is 0. The van der Waals surface area contributed by atoms with Crippen LogP contribution in [0.25, 0.3) is 11.1 Å². The lowest BCUT2D eigenvalue weighted by molar-refractivity contribution is 0.282. The van der Waals surface area contributed by atoms with Crippen LogP contribution in [-0.4, -0.2) is 6.61 Å². The molecule has 1 atom stereocenters. The molecule has 1 nitrogen and oxygen atoms in total. The van der Waals surface area contributed by atoms with Crippen molar-refractivity contribution in [1.29, 1.82) is 0 Å². The fourth-order valence-electron chi connectivity index (χ4n) is 1.98. The van der Waals surface area contributed by atoms with Gasteiger partial charge in [0.1, 0.15) is 5.75 Å². The van der Waals surface area contributed by atoms with Gasteiger partial charge in [-0.1, -0.05) is 62.7 Å². The van der Waals surface area contributed by atoms with Crippen molar-refractivity contribution < 1.29 is 4.74 Å². The molecule has 0 aromatic heterocycles. The number of rotatable bonds is 6. The molecule has 2 aromatic rings. The maximum atomic E-state index is 5.84. The fourth-order valence-corrected chi connectivity index (χ4v) is 1.98. The standard InChI is InChI=1S/C18H22O/c1-3-15(2)12-13-19-18-11-7-10-17(14-18)16-8-5-4-6-9-16/h4-11,14-15H,3,12-13H2,1-2H3. The van der Waals surface area contributed by atoms with E-state index < -0.39 is 0 Å². The van der Waals surface area contributed by atoms with Crippen LogP contribution in [0, 0.1) is 5.92 Å². The van der Waals surface area contributed by atoms with E-state index in [2.05, 4.69) is 56.3 Å². The van der Waals surface area contributed by atoms with Crippen molar-refractivity contribution in [2.75, 3.05) is 6.61 Å². The highest BCUT2D eigenvalue weighted by Gasteiger charge is 2.01. The van der Waals surface area contributed by atoms with Crippen LogP contribution in [0.15, 0.2) is 54.6 Å². The summed E-state index contributed by atoms with van der Waals surface area (Å²) in [6, 6.07) is 18.7. The Hall–Kier alpha value is -1.76. The molecule has 19 heavy (non-hydrogen) atoms. The van der Waals surface area contributed by atoms with Crippen molar-refractivity contribution in [3.8, 4) is 16.9 Å². The van der Waals surface area contributed by atoms with E-state index in [1.807, 2.05) is 12.1 Å². The zero-order chi connectivity index (χ0) is 13.5. The van der Waals surface area contributed by atoms with Gasteiger partial charge in [-0.15, -0.1) is 0 Å². The first-order valence-corrected chi connectivity index (χ1v) is 7.08. The smallest absolute Gasteiger partial charge is 0.119 e. The number of ether oxygens (including phenoxy) is 1. The summed E-state index contributed by atoms with van der Waals surface area (Å²) in [5.41, 5.74) is 2.44. The van der Waals surface area contributed by atoms with E-state index in [-0.39, 0.29) is 0 Å². The Labute approximate surface area is 116 Å². The van der Waals surface area contributed by atoms with Crippen LogP contribution in [0.5, 0.6) is 5.75 Å². The van der Waals surface area contributed by atoms with Crippen LogP contribution in [0.2, 0.25) is 0 Å². The van der Waals surface area contributed by atoms with Crippen molar-refractivity contribution in [3.05, 3.63) is 54.6 Å². The molecule has 0 spiro atoms. The Kier molecular flexibility index (Phi) is 5.02. The van der Waals surface area contributed by atoms with Crippen LogP contribution in [0.4, 0.5) is 0 Å². The lowest BCUT2D eigenvalue weighted by Crippen LogP contribution is -2.03. The van der Waals surface area contributed by atoms with Crippen molar-refractivity contribution in [2.24, 2.45) is 5.92 Å². The van der Waals surface area contributed by atoms with Gasteiger partial charge in [0.25, 0.3) is 0 Å².